The maximum Gasteiger partial charge on any atom is 0.265 e. The number of pyridine rings is 1. The third kappa shape index (κ3) is 2.76. The fraction of sp³-hybridized carbons (Fsp3) is 0.455. The van der Waals surface area contributed by atoms with Crippen molar-refractivity contribution in [2.75, 3.05) is 13.1 Å². The quantitative estimate of drug-likeness (QED) is 0.789. The zero-order valence-corrected chi connectivity index (χ0v) is 8.65. The predicted molar refractivity (Wildman–Crippen MR) is 57.1 cm³/mol. The highest BCUT2D eigenvalue weighted by Gasteiger charge is 2.13. The molecule has 80 valence electrons. The van der Waals surface area contributed by atoms with E-state index in [9.17, 15) is 4.79 Å². The summed E-state index contributed by atoms with van der Waals surface area (Å²) in [7, 11) is 0. The standard InChI is InChI=1S/C11H15N3O/c15-11(10-4-6-12-7-5-10)13-14-8-2-1-3-9-14/h4-7H,1-3,8-9H2,(H,13,15). The Labute approximate surface area is 89.3 Å². The molecule has 0 spiro atoms. The summed E-state index contributed by atoms with van der Waals surface area (Å²) < 4.78 is 0. The first-order chi connectivity index (χ1) is 7.36. The lowest BCUT2D eigenvalue weighted by Gasteiger charge is -2.26. The van der Waals surface area contributed by atoms with E-state index >= 15 is 0 Å². The Morgan fingerprint density at radius 3 is 2.53 bits per heavy atom. The maximum absolute atomic E-state index is 11.7. The molecule has 2 rings (SSSR count). The molecule has 0 unspecified atom stereocenters. The topological polar surface area (TPSA) is 45.2 Å². The number of nitrogens with zero attached hydrogens (tertiary/aromatic N) is 2. The Kier molecular flexibility index (Phi) is 3.29. The maximum atomic E-state index is 11.7. The molecule has 1 N–H and O–H groups in total. The van der Waals surface area contributed by atoms with Gasteiger partial charge in [-0.3, -0.25) is 15.2 Å². The Morgan fingerprint density at radius 1 is 1.20 bits per heavy atom. The molecular weight excluding hydrogens is 190 g/mol. The van der Waals surface area contributed by atoms with Crippen LogP contribution in [0.3, 0.4) is 0 Å². The fourth-order valence-electron chi connectivity index (χ4n) is 1.72. The minimum atomic E-state index is -0.0423. The molecule has 1 saturated heterocycles. The summed E-state index contributed by atoms with van der Waals surface area (Å²) in [5.74, 6) is -0.0423. The molecule has 0 saturated carbocycles. The number of hydrogen-bond donors (Lipinski definition) is 1. The molecule has 0 bridgehead atoms. The summed E-state index contributed by atoms with van der Waals surface area (Å²) in [6.07, 6.45) is 6.85. The van der Waals surface area contributed by atoms with Crippen LogP contribution in [0, 0.1) is 0 Å². The van der Waals surface area contributed by atoms with Crippen molar-refractivity contribution in [2.45, 2.75) is 19.3 Å². The van der Waals surface area contributed by atoms with Crippen LogP contribution >= 0.6 is 0 Å². The van der Waals surface area contributed by atoms with E-state index in [0.29, 0.717) is 5.56 Å². The van der Waals surface area contributed by atoms with Gasteiger partial charge in [-0.1, -0.05) is 6.42 Å². The Hall–Kier alpha value is -1.42. The second kappa shape index (κ2) is 4.89. The first-order valence-electron chi connectivity index (χ1n) is 5.32. The number of piperidine rings is 1. The zero-order chi connectivity index (χ0) is 10.5. The lowest BCUT2D eigenvalue weighted by molar-refractivity contribution is 0.0750. The predicted octanol–water partition coefficient (Wildman–Crippen LogP) is 1.21. The molecule has 4 heteroatoms. The van der Waals surface area contributed by atoms with Crippen molar-refractivity contribution in [3.8, 4) is 0 Å². The van der Waals surface area contributed by atoms with E-state index in [2.05, 4.69) is 10.4 Å². The molecule has 4 nitrogen and oxygen atoms in total. The van der Waals surface area contributed by atoms with Gasteiger partial charge in [0.2, 0.25) is 0 Å². The molecule has 1 aliphatic rings. The Bertz CT molecular complexity index is 320. The van der Waals surface area contributed by atoms with Gasteiger partial charge in [-0.05, 0) is 25.0 Å². The van der Waals surface area contributed by atoms with Gasteiger partial charge in [0.25, 0.3) is 5.91 Å². The van der Waals surface area contributed by atoms with E-state index in [1.807, 2.05) is 5.01 Å². The van der Waals surface area contributed by atoms with Gasteiger partial charge < -0.3 is 0 Å². The Morgan fingerprint density at radius 2 is 1.87 bits per heavy atom. The highest BCUT2D eigenvalue weighted by atomic mass is 16.2. The molecule has 2 heterocycles. The fourth-order valence-corrected chi connectivity index (χ4v) is 1.72. The minimum Gasteiger partial charge on any atom is -0.285 e. The van der Waals surface area contributed by atoms with Crippen LogP contribution in [0.4, 0.5) is 0 Å². The minimum absolute atomic E-state index is 0.0423. The largest absolute Gasteiger partial charge is 0.285 e. The third-order valence-corrected chi connectivity index (χ3v) is 2.56. The molecule has 0 atom stereocenters. The molecule has 15 heavy (non-hydrogen) atoms. The second-order valence-corrected chi connectivity index (χ2v) is 3.72. The zero-order valence-electron chi connectivity index (χ0n) is 8.65. The number of hydrazine groups is 1. The van der Waals surface area contributed by atoms with Gasteiger partial charge in [0, 0.05) is 31.0 Å². The van der Waals surface area contributed by atoms with Crippen LogP contribution in [0.2, 0.25) is 0 Å². The van der Waals surface area contributed by atoms with Crippen LogP contribution in [0.5, 0.6) is 0 Å². The van der Waals surface area contributed by atoms with Gasteiger partial charge in [-0.25, -0.2) is 5.01 Å². The van der Waals surface area contributed by atoms with Gasteiger partial charge in [0.1, 0.15) is 0 Å². The van der Waals surface area contributed by atoms with Gasteiger partial charge >= 0.3 is 0 Å². The summed E-state index contributed by atoms with van der Waals surface area (Å²) in [5, 5.41) is 1.99. The first kappa shape index (κ1) is 10.1. The number of amides is 1. The normalized spacial score (nSPS) is 17.3. The molecule has 0 aliphatic carbocycles. The molecule has 0 aromatic carbocycles. The number of hydrogen-bond acceptors (Lipinski definition) is 3. The van der Waals surface area contributed by atoms with Crippen molar-refractivity contribution in [3.05, 3.63) is 30.1 Å². The van der Waals surface area contributed by atoms with E-state index in [1.165, 1.54) is 6.42 Å². The highest BCUT2D eigenvalue weighted by Crippen LogP contribution is 2.06. The smallest absolute Gasteiger partial charge is 0.265 e. The number of rotatable bonds is 2. The van der Waals surface area contributed by atoms with Crippen molar-refractivity contribution in [2.24, 2.45) is 0 Å². The molecular formula is C11H15N3O. The van der Waals surface area contributed by atoms with Gasteiger partial charge in [-0.15, -0.1) is 0 Å². The average molecular weight is 205 g/mol. The van der Waals surface area contributed by atoms with Crippen molar-refractivity contribution >= 4 is 5.91 Å². The van der Waals surface area contributed by atoms with E-state index in [0.717, 1.165) is 25.9 Å². The van der Waals surface area contributed by atoms with Crippen molar-refractivity contribution in [1.29, 1.82) is 0 Å². The summed E-state index contributed by atoms with van der Waals surface area (Å²) in [6.45, 7) is 1.91. The summed E-state index contributed by atoms with van der Waals surface area (Å²) >= 11 is 0. The third-order valence-electron chi connectivity index (χ3n) is 2.56. The molecule has 1 fully saturated rings. The monoisotopic (exact) mass is 205 g/mol. The average Bonchev–Trinajstić information content (AvgIpc) is 2.31. The lowest BCUT2D eigenvalue weighted by atomic mass is 10.2. The van der Waals surface area contributed by atoms with Crippen molar-refractivity contribution in [1.82, 2.24) is 15.4 Å². The van der Waals surface area contributed by atoms with Gasteiger partial charge in [0.15, 0.2) is 0 Å². The van der Waals surface area contributed by atoms with E-state index in [4.69, 9.17) is 0 Å². The molecule has 1 aromatic rings. The highest BCUT2D eigenvalue weighted by molar-refractivity contribution is 5.93. The van der Waals surface area contributed by atoms with Crippen molar-refractivity contribution in [3.63, 3.8) is 0 Å². The van der Waals surface area contributed by atoms with Crippen LogP contribution in [0.1, 0.15) is 29.6 Å². The van der Waals surface area contributed by atoms with Crippen LogP contribution in [-0.4, -0.2) is 29.0 Å². The van der Waals surface area contributed by atoms with Gasteiger partial charge in [0.05, 0.1) is 0 Å². The number of carbonyl (C=O) groups is 1. The summed E-state index contributed by atoms with van der Waals surface area (Å²) in [6, 6.07) is 3.44. The first-order valence-corrected chi connectivity index (χ1v) is 5.32. The summed E-state index contributed by atoms with van der Waals surface area (Å²) in [5.41, 5.74) is 3.56. The van der Waals surface area contributed by atoms with Crippen LogP contribution in [0.25, 0.3) is 0 Å². The number of carbonyl (C=O) groups excluding carboxylic acids is 1. The Balaban J connectivity index is 1.91. The van der Waals surface area contributed by atoms with Crippen LogP contribution in [0.15, 0.2) is 24.5 Å². The van der Waals surface area contributed by atoms with Crippen LogP contribution in [-0.2, 0) is 0 Å². The molecule has 1 aliphatic heterocycles. The molecule has 1 amide bonds. The van der Waals surface area contributed by atoms with E-state index in [1.54, 1.807) is 24.5 Å². The SMILES string of the molecule is O=C(NN1CCCCC1)c1ccncc1. The van der Waals surface area contributed by atoms with E-state index in [-0.39, 0.29) is 5.91 Å². The second-order valence-electron chi connectivity index (χ2n) is 3.72. The number of aromatic nitrogens is 1. The van der Waals surface area contributed by atoms with Crippen LogP contribution < -0.4 is 5.43 Å². The molecule has 0 radical (unpaired) electrons. The molecule has 1 aromatic heterocycles. The lowest BCUT2D eigenvalue weighted by Crippen LogP contribution is -2.45. The van der Waals surface area contributed by atoms with Crippen molar-refractivity contribution < 1.29 is 4.79 Å². The number of nitrogens with one attached hydrogen (secondary N) is 1. The van der Waals surface area contributed by atoms with Gasteiger partial charge in [-0.2, -0.15) is 0 Å². The summed E-state index contributed by atoms with van der Waals surface area (Å²) in [4.78, 5) is 15.6. The van der Waals surface area contributed by atoms with E-state index < -0.39 is 0 Å².